The highest BCUT2D eigenvalue weighted by Gasteiger charge is 2.26. The van der Waals surface area contributed by atoms with Gasteiger partial charge in [-0.15, -0.1) is 0 Å². The van der Waals surface area contributed by atoms with Crippen LogP contribution in [0.1, 0.15) is 54.4 Å². The number of ether oxygens (including phenoxy) is 1. The first-order valence-corrected chi connectivity index (χ1v) is 8.90. The molecule has 1 heterocycles. The predicted octanol–water partition coefficient (Wildman–Crippen LogP) is 2.01. The number of amides is 3. The molecule has 144 valence electrons. The van der Waals surface area contributed by atoms with E-state index in [0.717, 1.165) is 0 Å². The van der Waals surface area contributed by atoms with Crippen molar-refractivity contribution >= 4 is 17.9 Å². The zero-order valence-corrected chi connectivity index (χ0v) is 16.5. The highest BCUT2D eigenvalue weighted by Crippen LogP contribution is 2.20. The van der Waals surface area contributed by atoms with E-state index in [1.807, 2.05) is 25.7 Å². The van der Waals surface area contributed by atoms with Gasteiger partial charge in [-0.05, 0) is 26.2 Å². The molecule has 1 fully saturated rings. The molecule has 25 heavy (non-hydrogen) atoms. The zero-order chi connectivity index (χ0) is 19.3. The Hall–Kier alpha value is -1.79. The molecule has 1 N–H and O–H groups in total. The molecule has 0 bridgehead atoms. The summed E-state index contributed by atoms with van der Waals surface area (Å²) >= 11 is 0. The molecule has 0 unspecified atom stereocenters. The van der Waals surface area contributed by atoms with Crippen molar-refractivity contribution in [2.45, 2.75) is 60.0 Å². The number of rotatable bonds is 4. The number of carbonyl (C=O) groups excluding carboxylic acids is 3. The number of hydrogen-bond acceptors (Lipinski definition) is 4. The largest absolute Gasteiger partial charge is 0.444 e. The molecule has 0 aromatic carbocycles. The Morgan fingerprint density at radius 3 is 1.80 bits per heavy atom. The molecular weight excluding hydrogens is 322 g/mol. The van der Waals surface area contributed by atoms with E-state index in [2.05, 4.69) is 5.32 Å². The summed E-state index contributed by atoms with van der Waals surface area (Å²) in [6, 6.07) is 0. The van der Waals surface area contributed by atoms with Gasteiger partial charge in [0.1, 0.15) is 5.60 Å². The van der Waals surface area contributed by atoms with Crippen molar-refractivity contribution in [1.82, 2.24) is 15.1 Å². The Bertz CT molecular complexity index is 484. The Morgan fingerprint density at radius 2 is 1.36 bits per heavy atom. The molecule has 0 atom stereocenters. The highest BCUT2D eigenvalue weighted by atomic mass is 16.6. The average molecular weight is 355 g/mol. The summed E-state index contributed by atoms with van der Waals surface area (Å²) in [6.07, 6.45) is 0.230. The molecule has 0 aromatic heterocycles. The van der Waals surface area contributed by atoms with Crippen LogP contribution in [0, 0.1) is 5.41 Å². The molecule has 0 aliphatic carbocycles. The Kier molecular flexibility index (Phi) is 7.26. The third kappa shape index (κ3) is 8.74. The molecule has 0 spiro atoms. The molecule has 7 heteroatoms. The number of carbonyl (C=O) groups is 3. The lowest BCUT2D eigenvalue weighted by Gasteiger charge is -2.36. The van der Waals surface area contributed by atoms with Gasteiger partial charge in [0.15, 0.2) is 0 Å². The van der Waals surface area contributed by atoms with E-state index in [1.54, 1.807) is 25.7 Å². The highest BCUT2D eigenvalue weighted by molar-refractivity contribution is 5.79. The van der Waals surface area contributed by atoms with Crippen LogP contribution in [0.3, 0.4) is 0 Å². The molecule has 1 aliphatic heterocycles. The summed E-state index contributed by atoms with van der Waals surface area (Å²) in [5.41, 5.74) is -0.582. The van der Waals surface area contributed by atoms with Gasteiger partial charge in [-0.2, -0.15) is 0 Å². The zero-order valence-electron chi connectivity index (χ0n) is 16.5. The van der Waals surface area contributed by atoms with Crippen LogP contribution < -0.4 is 5.32 Å². The van der Waals surface area contributed by atoms with Gasteiger partial charge in [0.25, 0.3) is 0 Å². The number of piperazine rings is 1. The van der Waals surface area contributed by atoms with Crippen molar-refractivity contribution in [2.75, 3.05) is 32.7 Å². The van der Waals surface area contributed by atoms with Crippen molar-refractivity contribution in [1.29, 1.82) is 0 Å². The average Bonchev–Trinajstić information content (AvgIpc) is 2.43. The van der Waals surface area contributed by atoms with Crippen LogP contribution in [0.2, 0.25) is 0 Å². The summed E-state index contributed by atoms with van der Waals surface area (Å²) in [4.78, 5) is 39.5. The first-order chi connectivity index (χ1) is 11.4. The lowest BCUT2D eigenvalue weighted by atomic mass is 9.91. The fourth-order valence-corrected chi connectivity index (χ4v) is 2.51. The van der Waals surface area contributed by atoms with E-state index in [9.17, 15) is 14.4 Å². The van der Waals surface area contributed by atoms with Crippen molar-refractivity contribution < 1.29 is 19.1 Å². The lowest BCUT2D eigenvalue weighted by molar-refractivity contribution is -0.140. The van der Waals surface area contributed by atoms with E-state index in [0.29, 0.717) is 32.6 Å². The van der Waals surface area contributed by atoms with E-state index < -0.39 is 11.7 Å². The second kappa shape index (κ2) is 8.54. The van der Waals surface area contributed by atoms with Gasteiger partial charge in [-0.3, -0.25) is 9.59 Å². The minimum Gasteiger partial charge on any atom is -0.444 e. The molecule has 0 saturated carbocycles. The van der Waals surface area contributed by atoms with Crippen LogP contribution in [0.15, 0.2) is 0 Å². The number of hydrogen-bond donors (Lipinski definition) is 1. The molecule has 1 saturated heterocycles. The van der Waals surface area contributed by atoms with Gasteiger partial charge < -0.3 is 19.9 Å². The molecule has 0 radical (unpaired) electrons. The number of alkyl carbamates (subject to hydrolysis) is 1. The van der Waals surface area contributed by atoms with E-state index in [-0.39, 0.29) is 30.2 Å². The summed E-state index contributed by atoms with van der Waals surface area (Å²) in [5.74, 6) is 0.130. The monoisotopic (exact) mass is 355 g/mol. The van der Waals surface area contributed by atoms with Gasteiger partial charge in [-0.1, -0.05) is 20.8 Å². The van der Waals surface area contributed by atoms with Gasteiger partial charge >= 0.3 is 6.09 Å². The maximum Gasteiger partial charge on any atom is 0.407 e. The lowest BCUT2D eigenvalue weighted by Crippen LogP contribution is -2.51. The SMILES string of the molecule is CC(C)(C)CC(=O)N1CCN(C(=O)CCNC(=O)OC(C)(C)C)CC1. The topological polar surface area (TPSA) is 79.0 Å². The van der Waals surface area contributed by atoms with Crippen molar-refractivity contribution in [2.24, 2.45) is 5.41 Å². The van der Waals surface area contributed by atoms with Gasteiger partial charge in [0.2, 0.25) is 11.8 Å². The fourth-order valence-electron chi connectivity index (χ4n) is 2.51. The van der Waals surface area contributed by atoms with Crippen LogP contribution in [-0.2, 0) is 14.3 Å². The first kappa shape index (κ1) is 21.3. The maximum absolute atomic E-state index is 12.2. The summed E-state index contributed by atoms with van der Waals surface area (Å²) in [5, 5.41) is 2.59. The normalized spacial score (nSPS) is 15.8. The minimum absolute atomic E-state index is 0.0148. The Labute approximate surface area is 151 Å². The van der Waals surface area contributed by atoms with Gasteiger partial charge in [0, 0.05) is 45.6 Å². The molecule has 3 amide bonds. The van der Waals surface area contributed by atoms with Crippen molar-refractivity contribution in [3.63, 3.8) is 0 Å². The molecular formula is C18H33N3O4. The third-order valence-electron chi connectivity index (χ3n) is 3.67. The van der Waals surface area contributed by atoms with Gasteiger partial charge in [0.05, 0.1) is 0 Å². The van der Waals surface area contributed by atoms with Gasteiger partial charge in [-0.25, -0.2) is 4.79 Å². The van der Waals surface area contributed by atoms with Crippen LogP contribution in [-0.4, -0.2) is 66.0 Å². The quantitative estimate of drug-likeness (QED) is 0.837. The first-order valence-electron chi connectivity index (χ1n) is 8.90. The molecule has 0 aromatic rings. The van der Waals surface area contributed by atoms with Crippen LogP contribution in [0.25, 0.3) is 0 Å². The summed E-state index contributed by atoms with van der Waals surface area (Å²) in [6.45, 7) is 14.0. The number of nitrogens with one attached hydrogen (secondary N) is 1. The second-order valence-corrected chi connectivity index (χ2v) is 8.68. The Balaban J connectivity index is 2.29. The summed E-state index contributed by atoms with van der Waals surface area (Å²) < 4.78 is 5.13. The summed E-state index contributed by atoms with van der Waals surface area (Å²) in [7, 11) is 0. The second-order valence-electron chi connectivity index (χ2n) is 8.68. The van der Waals surface area contributed by atoms with Crippen LogP contribution >= 0.6 is 0 Å². The van der Waals surface area contributed by atoms with E-state index in [4.69, 9.17) is 4.74 Å². The molecule has 1 aliphatic rings. The van der Waals surface area contributed by atoms with Crippen molar-refractivity contribution in [3.8, 4) is 0 Å². The Morgan fingerprint density at radius 1 is 0.880 bits per heavy atom. The molecule has 1 rings (SSSR count). The van der Waals surface area contributed by atoms with E-state index in [1.165, 1.54) is 0 Å². The standard InChI is InChI=1S/C18H33N3O4/c1-17(2,3)13-15(23)21-11-9-20(10-12-21)14(22)7-8-19-16(24)25-18(4,5)6/h7-13H2,1-6H3,(H,19,24). The molecule has 7 nitrogen and oxygen atoms in total. The van der Waals surface area contributed by atoms with Crippen molar-refractivity contribution in [3.05, 3.63) is 0 Å². The third-order valence-corrected chi connectivity index (χ3v) is 3.67. The fraction of sp³-hybridized carbons (Fsp3) is 0.833. The number of nitrogens with zero attached hydrogens (tertiary/aromatic N) is 2. The smallest absolute Gasteiger partial charge is 0.407 e. The van der Waals surface area contributed by atoms with Crippen LogP contribution in [0.5, 0.6) is 0 Å². The van der Waals surface area contributed by atoms with Crippen LogP contribution in [0.4, 0.5) is 4.79 Å². The maximum atomic E-state index is 12.2. The predicted molar refractivity (Wildman–Crippen MR) is 96.1 cm³/mol. The van der Waals surface area contributed by atoms with E-state index >= 15 is 0 Å². The minimum atomic E-state index is -0.552.